The van der Waals surface area contributed by atoms with Gasteiger partial charge in [0.05, 0.1) is 6.61 Å². The Kier molecular flexibility index (Phi) is 4.04. The van der Waals surface area contributed by atoms with Crippen molar-refractivity contribution in [1.82, 2.24) is 9.55 Å². The molecule has 0 saturated carbocycles. The standard InChI is InChI=1S/C13H13N3O3/c17-9-8-15-12(14-10-13(15)16(18)19)7-6-11-4-2-1-3-5-11/h1-7,10,17H,8-9H2/b7-6+. The lowest BCUT2D eigenvalue weighted by Gasteiger charge is -2.00. The maximum Gasteiger partial charge on any atom is 0.343 e. The van der Waals surface area contributed by atoms with Gasteiger partial charge in [-0.25, -0.2) is 9.55 Å². The summed E-state index contributed by atoms with van der Waals surface area (Å²) in [7, 11) is 0. The van der Waals surface area contributed by atoms with E-state index in [1.54, 1.807) is 6.08 Å². The van der Waals surface area contributed by atoms with Crippen LogP contribution in [0.4, 0.5) is 5.82 Å². The van der Waals surface area contributed by atoms with Gasteiger partial charge in [-0.2, -0.15) is 0 Å². The third-order valence-corrected chi connectivity index (χ3v) is 2.60. The highest BCUT2D eigenvalue weighted by Crippen LogP contribution is 2.16. The Morgan fingerprint density at radius 1 is 1.32 bits per heavy atom. The first-order valence-electron chi connectivity index (χ1n) is 5.76. The maximum atomic E-state index is 10.8. The van der Waals surface area contributed by atoms with Crippen molar-refractivity contribution in [3.05, 3.63) is 58.0 Å². The van der Waals surface area contributed by atoms with Crippen LogP contribution in [-0.2, 0) is 6.54 Å². The number of rotatable bonds is 5. The molecule has 1 N–H and O–H groups in total. The molecule has 0 atom stereocenters. The van der Waals surface area contributed by atoms with Crippen molar-refractivity contribution < 1.29 is 10.0 Å². The second kappa shape index (κ2) is 5.92. The number of nitrogens with zero attached hydrogens (tertiary/aromatic N) is 3. The molecule has 0 fully saturated rings. The number of imidazole rings is 1. The molecule has 6 heteroatoms. The number of aliphatic hydroxyl groups is 1. The minimum atomic E-state index is -0.511. The molecule has 6 nitrogen and oxygen atoms in total. The van der Waals surface area contributed by atoms with Gasteiger partial charge in [0.2, 0.25) is 5.82 Å². The van der Waals surface area contributed by atoms with Crippen LogP contribution in [0.2, 0.25) is 0 Å². The maximum absolute atomic E-state index is 10.8. The van der Waals surface area contributed by atoms with Gasteiger partial charge in [0.1, 0.15) is 12.7 Å². The Morgan fingerprint density at radius 3 is 2.68 bits per heavy atom. The van der Waals surface area contributed by atoms with E-state index in [0.717, 1.165) is 5.56 Å². The fourth-order valence-electron chi connectivity index (χ4n) is 1.72. The van der Waals surface area contributed by atoms with E-state index < -0.39 is 4.92 Å². The Morgan fingerprint density at radius 2 is 2.05 bits per heavy atom. The molecular formula is C13H13N3O3. The Balaban J connectivity index is 2.30. The average molecular weight is 259 g/mol. The van der Waals surface area contributed by atoms with Gasteiger partial charge in [0.25, 0.3) is 0 Å². The molecule has 0 radical (unpaired) electrons. The first kappa shape index (κ1) is 13.0. The average Bonchev–Trinajstić information content (AvgIpc) is 2.81. The Bertz CT molecular complexity index is 590. The Hall–Kier alpha value is -2.47. The number of aliphatic hydroxyl groups excluding tert-OH is 1. The van der Waals surface area contributed by atoms with E-state index in [1.165, 1.54) is 10.8 Å². The molecule has 0 unspecified atom stereocenters. The van der Waals surface area contributed by atoms with E-state index in [1.807, 2.05) is 36.4 Å². The van der Waals surface area contributed by atoms with Crippen LogP contribution in [0.25, 0.3) is 12.2 Å². The number of hydrogen-bond donors (Lipinski definition) is 1. The topological polar surface area (TPSA) is 81.2 Å². The molecule has 2 aromatic rings. The summed E-state index contributed by atoms with van der Waals surface area (Å²) in [4.78, 5) is 14.3. The third kappa shape index (κ3) is 3.05. The van der Waals surface area contributed by atoms with Gasteiger partial charge in [-0.3, -0.25) is 0 Å². The van der Waals surface area contributed by atoms with Crippen molar-refractivity contribution in [2.24, 2.45) is 0 Å². The largest absolute Gasteiger partial charge is 0.392 e. The van der Waals surface area contributed by atoms with Crippen LogP contribution >= 0.6 is 0 Å². The van der Waals surface area contributed by atoms with Crippen LogP contribution < -0.4 is 0 Å². The van der Waals surface area contributed by atoms with Gasteiger partial charge in [-0.05, 0) is 16.6 Å². The number of hydrogen-bond acceptors (Lipinski definition) is 4. The summed E-state index contributed by atoms with van der Waals surface area (Å²) >= 11 is 0. The molecule has 1 aromatic heterocycles. The van der Waals surface area contributed by atoms with Crippen LogP contribution in [-0.4, -0.2) is 26.2 Å². The van der Waals surface area contributed by atoms with E-state index >= 15 is 0 Å². The molecule has 1 aromatic carbocycles. The molecule has 0 saturated heterocycles. The van der Waals surface area contributed by atoms with E-state index in [4.69, 9.17) is 5.11 Å². The lowest BCUT2D eigenvalue weighted by molar-refractivity contribution is -0.392. The van der Waals surface area contributed by atoms with Crippen LogP contribution in [0.3, 0.4) is 0 Å². The number of aromatic nitrogens is 2. The number of benzene rings is 1. The molecule has 1 heterocycles. The van der Waals surface area contributed by atoms with Crippen LogP contribution in [0, 0.1) is 10.1 Å². The summed E-state index contributed by atoms with van der Waals surface area (Å²) < 4.78 is 1.37. The molecule has 19 heavy (non-hydrogen) atoms. The zero-order chi connectivity index (χ0) is 13.7. The fraction of sp³-hybridized carbons (Fsp3) is 0.154. The predicted molar refractivity (Wildman–Crippen MR) is 71.3 cm³/mol. The van der Waals surface area contributed by atoms with Gasteiger partial charge in [-0.1, -0.05) is 30.3 Å². The molecule has 0 bridgehead atoms. The van der Waals surface area contributed by atoms with Crippen molar-refractivity contribution in [1.29, 1.82) is 0 Å². The molecule has 0 aliphatic heterocycles. The van der Waals surface area contributed by atoms with Crippen LogP contribution in [0.1, 0.15) is 11.4 Å². The van der Waals surface area contributed by atoms with Gasteiger partial charge in [0.15, 0.2) is 0 Å². The monoisotopic (exact) mass is 259 g/mol. The van der Waals surface area contributed by atoms with Gasteiger partial charge in [0, 0.05) is 6.08 Å². The summed E-state index contributed by atoms with van der Waals surface area (Å²) in [5.41, 5.74) is 0.976. The predicted octanol–water partition coefficient (Wildman–Crippen LogP) is 1.95. The van der Waals surface area contributed by atoms with Crippen LogP contribution in [0.5, 0.6) is 0 Å². The lowest BCUT2D eigenvalue weighted by Crippen LogP contribution is -2.07. The van der Waals surface area contributed by atoms with E-state index in [0.29, 0.717) is 5.82 Å². The zero-order valence-corrected chi connectivity index (χ0v) is 10.1. The van der Waals surface area contributed by atoms with Gasteiger partial charge >= 0.3 is 5.82 Å². The lowest BCUT2D eigenvalue weighted by atomic mass is 10.2. The molecule has 0 aliphatic carbocycles. The number of nitro groups is 1. The SMILES string of the molecule is O=[N+]([O-])c1cnc(/C=C/c2ccccc2)n1CCO. The highest BCUT2D eigenvalue weighted by molar-refractivity contribution is 5.67. The zero-order valence-electron chi connectivity index (χ0n) is 10.1. The first-order chi connectivity index (χ1) is 9.22. The van der Waals surface area contributed by atoms with Crippen molar-refractivity contribution in [2.75, 3.05) is 6.61 Å². The van der Waals surface area contributed by atoms with Crippen LogP contribution in [0.15, 0.2) is 36.5 Å². The quantitative estimate of drug-likeness (QED) is 0.657. The molecule has 0 amide bonds. The third-order valence-electron chi connectivity index (χ3n) is 2.60. The van der Waals surface area contributed by atoms with Crippen molar-refractivity contribution in [3.8, 4) is 0 Å². The van der Waals surface area contributed by atoms with E-state index in [9.17, 15) is 10.1 Å². The summed E-state index contributed by atoms with van der Waals surface area (Å²) in [5, 5.41) is 19.8. The normalized spacial score (nSPS) is 11.0. The summed E-state index contributed by atoms with van der Waals surface area (Å²) in [6.45, 7) is -0.0336. The molecule has 98 valence electrons. The second-order valence-electron chi connectivity index (χ2n) is 3.85. The minimum Gasteiger partial charge on any atom is -0.392 e. The molecule has 0 aliphatic rings. The minimum absolute atomic E-state index is 0.123. The van der Waals surface area contributed by atoms with E-state index in [-0.39, 0.29) is 19.0 Å². The molecule has 0 spiro atoms. The van der Waals surface area contributed by atoms with Gasteiger partial charge < -0.3 is 15.2 Å². The van der Waals surface area contributed by atoms with Crippen molar-refractivity contribution >= 4 is 18.0 Å². The van der Waals surface area contributed by atoms with Gasteiger partial charge in [-0.15, -0.1) is 0 Å². The van der Waals surface area contributed by atoms with Crippen molar-refractivity contribution in [3.63, 3.8) is 0 Å². The smallest absolute Gasteiger partial charge is 0.343 e. The Labute approximate surface area is 109 Å². The fourth-order valence-corrected chi connectivity index (χ4v) is 1.72. The van der Waals surface area contributed by atoms with Crippen molar-refractivity contribution in [2.45, 2.75) is 6.54 Å². The summed E-state index contributed by atoms with van der Waals surface area (Å²) in [5.74, 6) is 0.325. The highest BCUT2D eigenvalue weighted by atomic mass is 16.6. The van der Waals surface area contributed by atoms with E-state index in [2.05, 4.69) is 4.98 Å². The highest BCUT2D eigenvalue weighted by Gasteiger charge is 2.17. The second-order valence-corrected chi connectivity index (χ2v) is 3.85. The molecule has 2 rings (SSSR count). The summed E-state index contributed by atoms with van der Waals surface area (Å²) in [6.07, 6.45) is 4.71. The first-order valence-corrected chi connectivity index (χ1v) is 5.76. The molecular weight excluding hydrogens is 246 g/mol. The summed E-state index contributed by atoms with van der Waals surface area (Å²) in [6, 6.07) is 9.56.